The van der Waals surface area contributed by atoms with Crippen molar-refractivity contribution in [2.24, 2.45) is 0 Å². The largest absolute Gasteiger partial charge is 0.322 e. The average molecular weight is 560 g/mol. The molecular formula is C24H29Cl3N4O3S. The number of hydrogen-bond acceptors (Lipinski definition) is 4. The molecule has 2 aromatic carbocycles. The minimum atomic E-state index is -3.26. The number of piperazine rings is 1. The van der Waals surface area contributed by atoms with E-state index in [1.54, 1.807) is 11.0 Å². The minimum Gasteiger partial charge on any atom is -0.322 e. The molecule has 0 radical (unpaired) electrons. The standard InChI is InChI=1S/C24H29Cl3N4O3S/c1-28(14-17-3-6-19(25)7-4-17)23-16-30(15-20(23)18-5-8-21(26)22(27)13-18)24(32)29-9-11-31(12-10-29)35(2,33)34/h3-8,13,20,23H,9-12,14-16H2,1-2H3/t20-,23+/m1/s1. The van der Waals surface area contributed by atoms with Gasteiger partial charge in [-0.2, -0.15) is 4.31 Å². The van der Waals surface area contributed by atoms with E-state index < -0.39 is 10.0 Å². The van der Waals surface area contributed by atoms with Crippen LogP contribution in [0, 0.1) is 0 Å². The first-order chi connectivity index (χ1) is 16.5. The first kappa shape index (κ1) is 26.5. The van der Waals surface area contributed by atoms with Crippen LogP contribution in [-0.4, -0.2) is 92.1 Å². The molecule has 0 unspecified atom stereocenters. The van der Waals surface area contributed by atoms with Gasteiger partial charge in [0.1, 0.15) is 0 Å². The second-order valence-corrected chi connectivity index (χ2v) is 12.5. The Kier molecular flexibility index (Phi) is 8.20. The molecule has 0 aliphatic carbocycles. The summed E-state index contributed by atoms with van der Waals surface area (Å²) in [6, 6.07) is 13.4. The SMILES string of the molecule is CN(Cc1ccc(Cl)cc1)[C@H]1CN(C(=O)N2CCN(S(C)(=O)=O)CC2)C[C@@H]1c1ccc(Cl)c(Cl)c1. The van der Waals surface area contributed by atoms with E-state index in [0.717, 1.165) is 11.1 Å². The summed E-state index contributed by atoms with van der Waals surface area (Å²) in [6.07, 6.45) is 1.20. The van der Waals surface area contributed by atoms with Crippen LogP contribution in [0.2, 0.25) is 15.1 Å². The van der Waals surface area contributed by atoms with Gasteiger partial charge in [0.15, 0.2) is 0 Å². The number of likely N-dealkylation sites (tertiary alicyclic amines) is 1. The van der Waals surface area contributed by atoms with Gasteiger partial charge in [0.05, 0.1) is 16.3 Å². The molecule has 0 spiro atoms. The summed E-state index contributed by atoms with van der Waals surface area (Å²) < 4.78 is 25.1. The van der Waals surface area contributed by atoms with Gasteiger partial charge in [-0.3, -0.25) is 4.90 Å². The minimum absolute atomic E-state index is 0.0447. The number of halogens is 3. The van der Waals surface area contributed by atoms with Crippen LogP contribution in [0.25, 0.3) is 0 Å². The predicted molar refractivity (Wildman–Crippen MR) is 141 cm³/mol. The average Bonchev–Trinajstić information content (AvgIpc) is 3.27. The summed E-state index contributed by atoms with van der Waals surface area (Å²) in [5.74, 6) is 0.0447. The highest BCUT2D eigenvalue weighted by Gasteiger charge is 2.40. The molecule has 0 bridgehead atoms. The van der Waals surface area contributed by atoms with Gasteiger partial charge < -0.3 is 9.80 Å². The molecule has 7 nitrogen and oxygen atoms in total. The summed E-state index contributed by atoms with van der Waals surface area (Å²) >= 11 is 18.5. The number of rotatable bonds is 5. The third kappa shape index (κ3) is 6.24. The predicted octanol–water partition coefficient (Wildman–Crippen LogP) is 4.24. The molecule has 2 fully saturated rings. The Morgan fingerprint density at radius 3 is 2.20 bits per heavy atom. The van der Waals surface area contributed by atoms with Crippen LogP contribution in [-0.2, 0) is 16.6 Å². The van der Waals surface area contributed by atoms with Gasteiger partial charge in [-0.05, 0) is 42.4 Å². The van der Waals surface area contributed by atoms with Crippen molar-refractivity contribution in [3.05, 3.63) is 68.7 Å². The lowest BCUT2D eigenvalue weighted by Gasteiger charge is -2.35. The van der Waals surface area contributed by atoms with Crippen molar-refractivity contribution in [1.82, 2.24) is 19.0 Å². The highest BCUT2D eigenvalue weighted by Crippen LogP contribution is 2.35. The van der Waals surface area contributed by atoms with E-state index in [1.807, 2.05) is 41.3 Å². The first-order valence-electron chi connectivity index (χ1n) is 11.4. The van der Waals surface area contributed by atoms with Gasteiger partial charge in [0, 0.05) is 62.8 Å². The van der Waals surface area contributed by atoms with Crippen molar-refractivity contribution in [3.8, 4) is 0 Å². The highest BCUT2D eigenvalue weighted by atomic mass is 35.5. The van der Waals surface area contributed by atoms with Crippen LogP contribution in [0.1, 0.15) is 17.0 Å². The third-order valence-corrected chi connectivity index (χ3v) is 9.12. The maximum atomic E-state index is 13.4. The van der Waals surface area contributed by atoms with Crippen molar-refractivity contribution in [1.29, 1.82) is 0 Å². The summed E-state index contributed by atoms with van der Waals surface area (Å²) in [5, 5.41) is 1.68. The van der Waals surface area contributed by atoms with Gasteiger partial charge in [-0.1, -0.05) is 53.0 Å². The quantitative estimate of drug-likeness (QED) is 0.550. The fraction of sp³-hybridized carbons (Fsp3) is 0.458. The Balaban J connectivity index is 1.52. The monoisotopic (exact) mass is 558 g/mol. The fourth-order valence-corrected chi connectivity index (χ4v) is 6.13. The number of carbonyl (C=O) groups is 1. The molecule has 2 aliphatic heterocycles. The topological polar surface area (TPSA) is 64.2 Å². The molecule has 2 aromatic rings. The van der Waals surface area contributed by atoms with Gasteiger partial charge in [-0.25, -0.2) is 13.2 Å². The number of likely N-dealkylation sites (N-methyl/N-ethyl adjacent to an activating group) is 1. The van der Waals surface area contributed by atoms with E-state index in [2.05, 4.69) is 11.9 Å². The molecule has 11 heteroatoms. The third-order valence-electron chi connectivity index (χ3n) is 6.82. The first-order valence-corrected chi connectivity index (χ1v) is 14.4. The molecule has 0 saturated carbocycles. The molecule has 35 heavy (non-hydrogen) atoms. The molecular weight excluding hydrogens is 531 g/mol. The zero-order valence-electron chi connectivity index (χ0n) is 19.7. The molecule has 4 rings (SSSR count). The number of urea groups is 1. The second-order valence-electron chi connectivity index (χ2n) is 9.23. The molecule has 2 aliphatic rings. The van der Waals surface area contributed by atoms with Crippen LogP contribution >= 0.6 is 34.8 Å². The van der Waals surface area contributed by atoms with Crippen molar-refractivity contribution in [2.45, 2.75) is 18.5 Å². The Hall–Kier alpha value is -1.55. The lowest BCUT2D eigenvalue weighted by atomic mass is 9.93. The number of sulfonamides is 1. The lowest BCUT2D eigenvalue weighted by Crippen LogP contribution is -2.53. The number of benzene rings is 2. The lowest BCUT2D eigenvalue weighted by molar-refractivity contribution is 0.138. The Morgan fingerprint density at radius 1 is 0.943 bits per heavy atom. The zero-order valence-corrected chi connectivity index (χ0v) is 22.8. The van der Waals surface area contributed by atoms with Crippen molar-refractivity contribution in [3.63, 3.8) is 0 Å². The van der Waals surface area contributed by atoms with E-state index in [4.69, 9.17) is 34.8 Å². The number of hydrogen-bond donors (Lipinski definition) is 0. The zero-order chi connectivity index (χ0) is 25.3. The number of nitrogens with zero attached hydrogens (tertiary/aromatic N) is 4. The second kappa shape index (κ2) is 10.8. The maximum absolute atomic E-state index is 13.4. The van der Waals surface area contributed by atoms with Crippen LogP contribution in [0.5, 0.6) is 0 Å². The molecule has 2 saturated heterocycles. The van der Waals surface area contributed by atoms with Gasteiger partial charge in [0.2, 0.25) is 10.0 Å². The summed E-state index contributed by atoms with van der Waals surface area (Å²) in [4.78, 5) is 19.3. The Labute approximate surface area is 222 Å². The van der Waals surface area contributed by atoms with Gasteiger partial charge in [-0.15, -0.1) is 0 Å². The van der Waals surface area contributed by atoms with E-state index >= 15 is 0 Å². The van der Waals surface area contributed by atoms with Gasteiger partial charge in [0.25, 0.3) is 0 Å². The van der Waals surface area contributed by atoms with Crippen LogP contribution in [0.4, 0.5) is 4.79 Å². The normalized spacial score (nSPS) is 21.7. The van der Waals surface area contributed by atoms with E-state index in [9.17, 15) is 13.2 Å². The van der Waals surface area contributed by atoms with E-state index in [0.29, 0.717) is 60.9 Å². The molecule has 2 atom stereocenters. The van der Waals surface area contributed by atoms with Crippen LogP contribution in [0.15, 0.2) is 42.5 Å². The van der Waals surface area contributed by atoms with Gasteiger partial charge >= 0.3 is 6.03 Å². The van der Waals surface area contributed by atoms with Crippen LogP contribution in [0.3, 0.4) is 0 Å². The van der Waals surface area contributed by atoms with Crippen molar-refractivity contribution >= 4 is 50.9 Å². The molecule has 2 heterocycles. The Bertz CT molecular complexity index is 1170. The summed E-state index contributed by atoms with van der Waals surface area (Å²) in [6.45, 7) is 3.19. The fourth-order valence-electron chi connectivity index (χ4n) is 4.87. The van der Waals surface area contributed by atoms with Crippen LogP contribution < -0.4 is 0 Å². The van der Waals surface area contributed by atoms with E-state index in [1.165, 1.54) is 10.6 Å². The summed E-state index contributed by atoms with van der Waals surface area (Å²) in [7, 11) is -1.20. The molecule has 0 aromatic heterocycles. The molecule has 2 amide bonds. The van der Waals surface area contributed by atoms with E-state index in [-0.39, 0.29) is 18.0 Å². The van der Waals surface area contributed by atoms with Crippen molar-refractivity contribution in [2.75, 3.05) is 52.6 Å². The maximum Gasteiger partial charge on any atom is 0.320 e. The van der Waals surface area contributed by atoms with Crippen molar-refractivity contribution < 1.29 is 13.2 Å². The Morgan fingerprint density at radius 2 is 1.60 bits per heavy atom. The number of carbonyl (C=O) groups excluding carboxylic acids is 1. The highest BCUT2D eigenvalue weighted by molar-refractivity contribution is 7.88. The number of amides is 2. The molecule has 190 valence electrons. The molecule has 0 N–H and O–H groups in total. The summed E-state index contributed by atoms with van der Waals surface area (Å²) in [5.41, 5.74) is 2.16. The smallest absolute Gasteiger partial charge is 0.320 e.